The molecule has 3 rings (SSSR count). The molecular weight excluding hydrogens is 231 g/mol. The molecule has 0 saturated heterocycles. The highest BCUT2D eigenvalue weighted by Crippen LogP contribution is 2.33. The highest BCUT2D eigenvalue weighted by atomic mass is 19.4. The second kappa shape index (κ2) is 3.26. The van der Waals surface area contributed by atoms with E-state index in [0.29, 0.717) is 18.4 Å². The summed E-state index contributed by atoms with van der Waals surface area (Å²) in [7, 11) is 0. The first-order valence-corrected chi connectivity index (χ1v) is 5.32. The quantitative estimate of drug-likeness (QED) is 0.753. The number of hydrogen-bond donors (Lipinski definition) is 1. The third-order valence-corrected chi connectivity index (χ3v) is 3.15. The van der Waals surface area contributed by atoms with E-state index in [0.717, 1.165) is 23.3 Å². The molecule has 1 aliphatic rings. The van der Waals surface area contributed by atoms with Crippen LogP contribution in [-0.2, 0) is 19.1 Å². The van der Waals surface area contributed by atoms with E-state index < -0.39 is 17.8 Å². The predicted molar refractivity (Wildman–Crippen MR) is 56.7 cm³/mol. The first kappa shape index (κ1) is 10.7. The van der Waals surface area contributed by atoms with Crippen molar-refractivity contribution < 1.29 is 18.3 Å². The van der Waals surface area contributed by atoms with E-state index in [1.807, 2.05) is 4.57 Å². The molecule has 2 nitrogen and oxygen atoms in total. The average Bonchev–Trinajstić information content (AvgIpc) is 2.71. The van der Waals surface area contributed by atoms with Crippen LogP contribution in [0, 0.1) is 0 Å². The molecule has 0 bridgehead atoms. The minimum Gasteiger partial charge on any atom is -0.391 e. The second-order valence-electron chi connectivity index (χ2n) is 4.38. The minimum atomic E-state index is -4.31. The first-order valence-electron chi connectivity index (χ1n) is 5.32. The predicted octanol–water partition coefficient (Wildman–Crippen LogP) is 2.58. The van der Waals surface area contributed by atoms with Gasteiger partial charge < -0.3 is 9.67 Å². The fourth-order valence-corrected chi connectivity index (χ4v) is 2.41. The van der Waals surface area contributed by atoms with E-state index in [1.165, 1.54) is 6.07 Å². The molecule has 0 saturated carbocycles. The molecular formula is C12H10F3NO. The summed E-state index contributed by atoms with van der Waals surface area (Å²) in [6.07, 6.45) is -4.22. The van der Waals surface area contributed by atoms with Crippen LogP contribution in [0.5, 0.6) is 0 Å². The number of alkyl halides is 3. The van der Waals surface area contributed by atoms with Crippen molar-refractivity contribution in [3.05, 3.63) is 35.5 Å². The first-order chi connectivity index (χ1) is 7.95. The van der Waals surface area contributed by atoms with Gasteiger partial charge in [-0.05, 0) is 24.3 Å². The van der Waals surface area contributed by atoms with Crippen LogP contribution in [0.15, 0.2) is 24.3 Å². The van der Waals surface area contributed by atoms with Crippen LogP contribution in [0.1, 0.15) is 11.3 Å². The molecule has 0 spiro atoms. The second-order valence-corrected chi connectivity index (χ2v) is 4.38. The van der Waals surface area contributed by atoms with E-state index in [9.17, 15) is 18.3 Å². The topological polar surface area (TPSA) is 25.2 Å². The van der Waals surface area contributed by atoms with Crippen molar-refractivity contribution >= 4 is 10.9 Å². The molecule has 1 aromatic carbocycles. The molecule has 2 heterocycles. The van der Waals surface area contributed by atoms with Gasteiger partial charge in [0.25, 0.3) is 0 Å². The van der Waals surface area contributed by atoms with Crippen molar-refractivity contribution in [3.63, 3.8) is 0 Å². The summed E-state index contributed by atoms with van der Waals surface area (Å²) >= 11 is 0. The third-order valence-electron chi connectivity index (χ3n) is 3.15. The molecule has 90 valence electrons. The number of halogens is 3. The van der Waals surface area contributed by atoms with Crippen molar-refractivity contribution in [3.8, 4) is 0 Å². The number of aliphatic hydroxyl groups is 1. The van der Waals surface area contributed by atoms with Gasteiger partial charge >= 0.3 is 6.18 Å². The van der Waals surface area contributed by atoms with E-state index in [-0.39, 0.29) is 0 Å². The number of fused-ring (bicyclic) bond motifs is 3. The lowest BCUT2D eigenvalue weighted by atomic mass is 10.1. The Labute approximate surface area is 95.3 Å². The highest BCUT2D eigenvalue weighted by Gasteiger charge is 2.31. The third kappa shape index (κ3) is 1.61. The molecule has 0 aliphatic carbocycles. The van der Waals surface area contributed by atoms with Crippen LogP contribution < -0.4 is 0 Å². The number of aromatic nitrogens is 1. The van der Waals surface area contributed by atoms with Gasteiger partial charge in [0, 0.05) is 29.6 Å². The Bertz CT molecular complexity index is 585. The van der Waals surface area contributed by atoms with E-state index >= 15 is 0 Å². The van der Waals surface area contributed by atoms with Crippen LogP contribution in [0.2, 0.25) is 0 Å². The lowest BCUT2D eigenvalue weighted by Crippen LogP contribution is -2.07. The van der Waals surface area contributed by atoms with Crippen molar-refractivity contribution in [2.24, 2.45) is 0 Å². The van der Waals surface area contributed by atoms with Crippen molar-refractivity contribution in [1.29, 1.82) is 0 Å². The Balaban J connectivity index is 2.15. The monoisotopic (exact) mass is 241 g/mol. The molecule has 1 atom stereocenters. The zero-order chi connectivity index (χ0) is 12.2. The van der Waals surface area contributed by atoms with Crippen molar-refractivity contribution in [2.45, 2.75) is 25.2 Å². The van der Waals surface area contributed by atoms with Gasteiger partial charge in [0.15, 0.2) is 0 Å². The summed E-state index contributed by atoms with van der Waals surface area (Å²) < 4.78 is 39.5. The maximum atomic E-state index is 12.5. The number of nitrogens with zero attached hydrogens (tertiary/aromatic N) is 1. The highest BCUT2D eigenvalue weighted by molar-refractivity contribution is 5.82. The van der Waals surface area contributed by atoms with E-state index in [2.05, 4.69) is 0 Å². The van der Waals surface area contributed by atoms with Crippen LogP contribution >= 0.6 is 0 Å². The van der Waals surface area contributed by atoms with Gasteiger partial charge in [-0.1, -0.05) is 0 Å². The smallest absolute Gasteiger partial charge is 0.391 e. The molecule has 1 aromatic heterocycles. The van der Waals surface area contributed by atoms with Gasteiger partial charge in [0.05, 0.1) is 11.7 Å². The fourth-order valence-electron chi connectivity index (χ4n) is 2.41. The number of hydrogen-bond acceptors (Lipinski definition) is 1. The summed E-state index contributed by atoms with van der Waals surface area (Å²) in [5.41, 5.74) is 1.02. The van der Waals surface area contributed by atoms with Crippen molar-refractivity contribution in [2.75, 3.05) is 0 Å². The summed E-state index contributed by atoms with van der Waals surface area (Å²) in [6, 6.07) is 5.44. The summed E-state index contributed by atoms with van der Waals surface area (Å²) in [6.45, 7) is 0.462. The number of aliphatic hydroxyl groups excluding tert-OH is 1. The van der Waals surface area contributed by atoms with Gasteiger partial charge in [-0.25, -0.2) is 0 Å². The molecule has 0 radical (unpaired) electrons. The summed E-state index contributed by atoms with van der Waals surface area (Å²) in [4.78, 5) is 0. The molecule has 17 heavy (non-hydrogen) atoms. The molecule has 5 heteroatoms. The Morgan fingerprint density at radius 3 is 2.71 bits per heavy atom. The lowest BCUT2D eigenvalue weighted by molar-refractivity contribution is -0.137. The van der Waals surface area contributed by atoms with Crippen LogP contribution in [-0.4, -0.2) is 15.8 Å². The number of rotatable bonds is 0. The molecule has 0 amide bonds. The molecule has 0 fully saturated rings. The van der Waals surface area contributed by atoms with Gasteiger partial charge in [-0.15, -0.1) is 0 Å². The fraction of sp³-hybridized carbons (Fsp3) is 0.333. The molecule has 1 unspecified atom stereocenters. The summed E-state index contributed by atoms with van der Waals surface area (Å²) in [5, 5.41) is 10.1. The Kier molecular flexibility index (Phi) is 2.04. The van der Waals surface area contributed by atoms with Crippen LogP contribution in [0.3, 0.4) is 0 Å². The summed E-state index contributed by atoms with van der Waals surface area (Å²) in [5.74, 6) is 0. The zero-order valence-electron chi connectivity index (χ0n) is 8.83. The largest absolute Gasteiger partial charge is 0.416 e. The zero-order valence-corrected chi connectivity index (χ0v) is 8.83. The Morgan fingerprint density at radius 1 is 1.24 bits per heavy atom. The van der Waals surface area contributed by atoms with Gasteiger partial charge in [0.1, 0.15) is 0 Å². The van der Waals surface area contributed by atoms with Gasteiger partial charge in [-0.3, -0.25) is 0 Å². The normalized spacial score (nSPS) is 19.9. The molecule has 1 N–H and O–H groups in total. The number of benzene rings is 1. The minimum absolute atomic E-state index is 0.420. The Morgan fingerprint density at radius 2 is 2.00 bits per heavy atom. The standard InChI is InChI=1S/C12H10F3NO/c13-12(14,15)8-1-2-11-7(3-8)4-9-5-10(17)6-16(9)11/h1-4,10,17H,5-6H2. The molecule has 1 aliphatic heterocycles. The maximum Gasteiger partial charge on any atom is 0.416 e. The Hall–Kier alpha value is -1.49. The van der Waals surface area contributed by atoms with Gasteiger partial charge in [-0.2, -0.15) is 13.2 Å². The van der Waals surface area contributed by atoms with Gasteiger partial charge in [0.2, 0.25) is 0 Å². The van der Waals surface area contributed by atoms with Crippen molar-refractivity contribution in [1.82, 2.24) is 4.57 Å². The molecule has 2 aromatic rings. The average molecular weight is 241 g/mol. The maximum absolute atomic E-state index is 12.5. The van der Waals surface area contributed by atoms with E-state index in [1.54, 1.807) is 6.07 Å². The van der Waals surface area contributed by atoms with E-state index in [4.69, 9.17) is 0 Å². The lowest BCUT2D eigenvalue weighted by Gasteiger charge is -2.07. The van der Waals surface area contributed by atoms with Crippen LogP contribution in [0.25, 0.3) is 10.9 Å². The SMILES string of the molecule is OC1Cc2cc3cc(C(F)(F)F)ccc3n2C1. The van der Waals surface area contributed by atoms with Crippen LogP contribution in [0.4, 0.5) is 13.2 Å².